The molecule has 2 amide bonds. The minimum absolute atomic E-state index is 0.265. The van der Waals surface area contributed by atoms with Crippen molar-refractivity contribution >= 4 is 12.0 Å². The van der Waals surface area contributed by atoms with Crippen LogP contribution in [0.15, 0.2) is 29.5 Å². The van der Waals surface area contributed by atoms with E-state index in [0.29, 0.717) is 24.4 Å². The number of hydrogen-bond acceptors (Lipinski definition) is 3. The lowest BCUT2D eigenvalue weighted by Crippen LogP contribution is -3.13. The van der Waals surface area contributed by atoms with Gasteiger partial charge in [0, 0.05) is 0 Å². The molecule has 6 nitrogen and oxygen atoms in total. The topological polar surface area (TPSA) is 71.9 Å². The molecule has 6 heteroatoms. The first kappa shape index (κ1) is 20.4. The van der Waals surface area contributed by atoms with Crippen LogP contribution in [0.4, 0.5) is 4.79 Å². The molecule has 1 fully saturated rings. The minimum Gasteiger partial charge on any atom is -0.463 e. The maximum absolute atomic E-state index is 12.9. The zero-order chi connectivity index (χ0) is 20.3. The summed E-state index contributed by atoms with van der Waals surface area (Å²) in [5, 5.41) is 5.85. The first-order valence-electron chi connectivity index (χ1n) is 10.3. The van der Waals surface area contributed by atoms with Crippen molar-refractivity contribution in [2.45, 2.75) is 46.6 Å². The fraction of sp³-hybridized carbons (Fsp3) is 0.545. The maximum Gasteiger partial charge on any atom is 0.338 e. The standard InChI is InChI=1S/C22H31N3O3/c1-5-28-21(26)19-18(13-25-10-8-14(2)9-11-25)23-22(27)24-20(19)17-12-15(3)6-7-16(17)4/h6-7,12,14,20H,5,8-11,13H2,1-4H3,(H2,23,24,27)/p+1/t20-/m1/s1. The number of carbonyl (C=O) groups is 2. The number of benzene rings is 1. The van der Waals surface area contributed by atoms with Gasteiger partial charge < -0.3 is 20.3 Å². The maximum atomic E-state index is 12.9. The zero-order valence-corrected chi connectivity index (χ0v) is 17.4. The molecule has 3 rings (SSSR count). The number of esters is 1. The molecule has 0 saturated carbocycles. The van der Waals surface area contributed by atoms with Gasteiger partial charge in [-0.15, -0.1) is 0 Å². The Balaban J connectivity index is 2.00. The predicted octanol–water partition coefficient (Wildman–Crippen LogP) is 1.79. The van der Waals surface area contributed by atoms with Crippen molar-refractivity contribution in [1.82, 2.24) is 10.6 Å². The van der Waals surface area contributed by atoms with E-state index in [9.17, 15) is 9.59 Å². The Morgan fingerprint density at radius 2 is 1.96 bits per heavy atom. The van der Waals surface area contributed by atoms with Gasteiger partial charge in [-0.2, -0.15) is 0 Å². The molecule has 1 atom stereocenters. The molecule has 2 aliphatic rings. The smallest absolute Gasteiger partial charge is 0.338 e. The van der Waals surface area contributed by atoms with Gasteiger partial charge in [0.05, 0.1) is 37.0 Å². The molecule has 1 aromatic carbocycles. The molecule has 1 aromatic rings. The summed E-state index contributed by atoms with van der Waals surface area (Å²) < 4.78 is 5.38. The Bertz CT molecular complexity index is 779. The highest BCUT2D eigenvalue weighted by Crippen LogP contribution is 2.30. The fourth-order valence-electron chi connectivity index (χ4n) is 4.11. The van der Waals surface area contributed by atoms with Crippen LogP contribution in [0.3, 0.4) is 0 Å². The number of piperidine rings is 1. The van der Waals surface area contributed by atoms with Crippen LogP contribution < -0.4 is 15.5 Å². The second kappa shape index (κ2) is 8.78. The number of aryl methyl sites for hydroxylation is 2. The van der Waals surface area contributed by atoms with Crippen molar-refractivity contribution in [3.8, 4) is 0 Å². The molecule has 2 heterocycles. The number of hydrogen-bond donors (Lipinski definition) is 3. The number of rotatable bonds is 5. The number of quaternary nitrogens is 1. The Morgan fingerprint density at radius 1 is 1.25 bits per heavy atom. The molecule has 0 aliphatic carbocycles. The summed E-state index contributed by atoms with van der Waals surface area (Å²) in [6.45, 7) is 11.1. The van der Waals surface area contributed by atoms with E-state index in [1.807, 2.05) is 32.0 Å². The van der Waals surface area contributed by atoms with Crippen LogP contribution in [-0.2, 0) is 9.53 Å². The number of nitrogens with one attached hydrogen (secondary N) is 3. The number of likely N-dealkylation sites (tertiary alicyclic amines) is 1. The van der Waals surface area contributed by atoms with E-state index >= 15 is 0 Å². The van der Waals surface area contributed by atoms with Crippen LogP contribution in [0.25, 0.3) is 0 Å². The van der Waals surface area contributed by atoms with Crippen LogP contribution in [0.5, 0.6) is 0 Å². The monoisotopic (exact) mass is 386 g/mol. The van der Waals surface area contributed by atoms with Crippen molar-refractivity contribution in [1.29, 1.82) is 0 Å². The summed E-state index contributed by atoms with van der Waals surface area (Å²) in [4.78, 5) is 26.8. The van der Waals surface area contributed by atoms with E-state index < -0.39 is 6.04 Å². The van der Waals surface area contributed by atoms with Gasteiger partial charge in [-0.3, -0.25) is 0 Å². The zero-order valence-electron chi connectivity index (χ0n) is 17.4. The number of carbonyl (C=O) groups excluding carboxylic acids is 2. The first-order chi connectivity index (χ1) is 13.4. The molecule has 152 valence electrons. The van der Waals surface area contributed by atoms with Crippen LogP contribution in [-0.4, -0.2) is 38.2 Å². The molecule has 1 saturated heterocycles. The van der Waals surface area contributed by atoms with Crippen LogP contribution >= 0.6 is 0 Å². The molecular weight excluding hydrogens is 354 g/mol. The summed E-state index contributed by atoms with van der Waals surface area (Å²) >= 11 is 0. The van der Waals surface area contributed by atoms with Crippen molar-refractivity contribution in [2.24, 2.45) is 5.92 Å². The van der Waals surface area contributed by atoms with Crippen molar-refractivity contribution in [3.05, 3.63) is 46.2 Å². The summed E-state index contributed by atoms with van der Waals surface area (Å²) in [7, 11) is 0. The minimum atomic E-state index is -0.495. The highest BCUT2D eigenvalue weighted by molar-refractivity contribution is 5.95. The van der Waals surface area contributed by atoms with E-state index in [1.54, 1.807) is 6.92 Å². The summed E-state index contributed by atoms with van der Waals surface area (Å²) in [5.74, 6) is 0.383. The lowest BCUT2D eigenvalue weighted by molar-refractivity contribution is -0.901. The van der Waals surface area contributed by atoms with Gasteiger partial charge >= 0.3 is 12.0 Å². The Labute approximate surface area is 167 Å². The lowest BCUT2D eigenvalue weighted by atomic mass is 9.90. The van der Waals surface area contributed by atoms with Crippen molar-refractivity contribution < 1.29 is 19.2 Å². The van der Waals surface area contributed by atoms with E-state index in [1.165, 1.54) is 17.7 Å². The predicted molar refractivity (Wildman–Crippen MR) is 108 cm³/mol. The highest BCUT2D eigenvalue weighted by Gasteiger charge is 2.36. The quantitative estimate of drug-likeness (QED) is 0.676. The molecule has 28 heavy (non-hydrogen) atoms. The normalized spacial score (nSPS) is 25.1. The third kappa shape index (κ3) is 4.55. The Kier molecular flexibility index (Phi) is 6.39. The molecule has 0 spiro atoms. The lowest BCUT2D eigenvalue weighted by Gasteiger charge is -2.33. The second-order valence-corrected chi connectivity index (χ2v) is 8.11. The van der Waals surface area contributed by atoms with E-state index in [4.69, 9.17) is 4.74 Å². The number of amides is 2. The van der Waals surface area contributed by atoms with Crippen molar-refractivity contribution in [2.75, 3.05) is 26.2 Å². The van der Waals surface area contributed by atoms with Crippen molar-refractivity contribution in [3.63, 3.8) is 0 Å². The third-order valence-corrected chi connectivity index (χ3v) is 5.80. The van der Waals surface area contributed by atoms with Gasteiger partial charge in [0.15, 0.2) is 0 Å². The SMILES string of the molecule is CCOC(=O)C1=C(C[NH+]2CCC(C)CC2)NC(=O)N[C@@H]1c1cc(C)ccc1C. The summed E-state index contributed by atoms with van der Waals surface area (Å²) in [6, 6.07) is 5.34. The number of ether oxygens (including phenoxy) is 1. The summed E-state index contributed by atoms with van der Waals surface area (Å²) in [5.41, 5.74) is 4.29. The average Bonchev–Trinajstić information content (AvgIpc) is 2.65. The summed E-state index contributed by atoms with van der Waals surface area (Å²) in [6.07, 6.45) is 2.34. The van der Waals surface area contributed by atoms with Crippen LogP contribution in [0.1, 0.15) is 49.4 Å². The van der Waals surface area contributed by atoms with Gasteiger partial charge in [0.25, 0.3) is 0 Å². The molecule has 0 unspecified atom stereocenters. The third-order valence-electron chi connectivity index (χ3n) is 5.80. The molecule has 2 aliphatic heterocycles. The molecule has 3 N–H and O–H groups in total. The molecule has 0 radical (unpaired) electrons. The highest BCUT2D eigenvalue weighted by atomic mass is 16.5. The van der Waals surface area contributed by atoms with E-state index in [2.05, 4.69) is 17.6 Å². The second-order valence-electron chi connectivity index (χ2n) is 8.11. The van der Waals surface area contributed by atoms with Gasteiger partial charge in [-0.05, 0) is 50.7 Å². The molecule has 0 bridgehead atoms. The van der Waals surface area contributed by atoms with Gasteiger partial charge in [-0.25, -0.2) is 9.59 Å². The largest absolute Gasteiger partial charge is 0.463 e. The Hall–Kier alpha value is -2.34. The Morgan fingerprint density at radius 3 is 2.64 bits per heavy atom. The number of urea groups is 1. The van der Waals surface area contributed by atoms with Crippen LogP contribution in [0.2, 0.25) is 0 Å². The van der Waals surface area contributed by atoms with E-state index in [-0.39, 0.29) is 12.0 Å². The first-order valence-corrected chi connectivity index (χ1v) is 10.3. The average molecular weight is 387 g/mol. The fourth-order valence-corrected chi connectivity index (χ4v) is 4.11. The van der Waals surface area contributed by atoms with E-state index in [0.717, 1.165) is 35.7 Å². The molecule has 0 aromatic heterocycles. The van der Waals surface area contributed by atoms with Crippen LogP contribution in [0, 0.1) is 19.8 Å². The van der Waals surface area contributed by atoms with Gasteiger partial charge in [-0.1, -0.05) is 30.7 Å². The molecular formula is C22H32N3O3+. The van der Waals surface area contributed by atoms with Gasteiger partial charge in [0.2, 0.25) is 0 Å². The van der Waals surface area contributed by atoms with Gasteiger partial charge in [0.1, 0.15) is 6.54 Å².